The summed E-state index contributed by atoms with van der Waals surface area (Å²) in [6.07, 6.45) is -0.0169. The van der Waals surface area contributed by atoms with Crippen molar-refractivity contribution in [1.29, 1.82) is 0 Å². The van der Waals surface area contributed by atoms with Gasteiger partial charge in [-0.3, -0.25) is 14.8 Å². The Kier molecular flexibility index (Phi) is 5.13. The number of carbonyl (C=O) groups excluding carboxylic acids is 2. The fourth-order valence-electron chi connectivity index (χ4n) is 2.74. The molecule has 3 rings (SSSR count). The lowest BCUT2D eigenvalue weighted by Crippen LogP contribution is -2.47. The SMILES string of the molecule is NC(=O)C[C@H](NS(=O)(=O)c1ccc2c(c1)Oc1ccccc1C2)C(=O)NO. The van der Waals surface area contributed by atoms with Gasteiger partial charge in [0.05, 0.1) is 11.3 Å². The molecule has 0 aromatic heterocycles. The van der Waals surface area contributed by atoms with Crippen molar-refractivity contribution in [2.45, 2.75) is 23.8 Å². The summed E-state index contributed by atoms with van der Waals surface area (Å²) in [6.45, 7) is 0. The Balaban J connectivity index is 1.88. The molecule has 1 aliphatic rings. The van der Waals surface area contributed by atoms with Crippen molar-refractivity contribution in [3.63, 3.8) is 0 Å². The average molecular weight is 391 g/mol. The lowest BCUT2D eigenvalue weighted by Gasteiger charge is -2.21. The van der Waals surface area contributed by atoms with Crippen LogP contribution in [0.4, 0.5) is 0 Å². The second-order valence-electron chi connectivity index (χ2n) is 5.98. The second-order valence-corrected chi connectivity index (χ2v) is 7.69. The lowest BCUT2D eigenvalue weighted by molar-refractivity contribution is -0.133. The van der Waals surface area contributed by atoms with E-state index in [1.54, 1.807) is 12.1 Å². The minimum atomic E-state index is -4.18. The predicted octanol–water partition coefficient (Wildman–Crippen LogP) is 0.411. The van der Waals surface area contributed by atoms with Gasteiger partial charge in [-0.25, -0.2) is 13.9 Å². The number of nitrogens with two attached hydrogens (primary N) is 1. The van der Waals surface area contributed by atoms with E-state index in [1.807, 2.05) is 18.2 Å². The van der Waals surface area contributed by atoms with Crippen LogP contribution in [-0.2, 0) is 26.0 Å². The van der Waals surface area contributed by atoms with Gasteiger partial charge in [-0.2, -0.15) is 4.72 Å². The molecule has 0 saturated carbocycles. The Labute approximate surface area is 155 Å². The number of fused-ring (bicyclic) bond motifs is 2. The van der Waals surface area contributed by atoms with Crippen molar-refractivity contribution in [2.24, 2.45) is 5.73 Å². The first-order chi connectivity index (χ1) is 12.8. The van der Waals surface area contributed by atoms with Crippen molar-refractivity contribution in [2.75, 3.05) is 0 Å². The molecule has 5 N–H and O–H groups in total. The number of para-hydroxylation sites is 1. The summed E-state index contributed by atoms with van der Waals surface area (Å²) in [6, 6.07) is 10.2. The molecule has 0 saturated heterocycles. The number of benzene rings is 2. The zero-order valence-corrected chi connectivity index (χ0v) is 14.8. The van der Waals surface area contributed by atoms with E-state index in [9.17, 15) is 18.0 Å². The molecule has 2 aromatic carbocycles. The van der Waals surface area contributed by atoms with Crippen molar-refractivity contribution in [1.82, 2.24) is 10.2 Å². The summed E-state index contributed by atoms with van der Waals surface area (Å²) < 4.78 is 33.0. The maximum Gasteiger partial charge on any atom is 0.262 e. The van der Waals surface area contributed by atoms with Crippen LogP contribution in [0.1, 0.15) is 17.5 Å². The number of carbonyl (C=O) groups is 2. The molecular weight excluding hydrogens is 374 g/mol. The smallest absolute Gasteiger partial charge is 0.262 e. The topological polar surface area (TPSA) is 148 Å². The molecule has 2 amide bonds. The van der Waals surface area contributed by atoms with Gasteiger partial charge in [0.15, 0.2) is 0 Å². The first-order valence-corrected chi connectivity index (χ1v) is 9.42. The van der Waals surface area contributed by atoms with Crippen molar-refractivity contribution in [3.05, 3.63) is 53.6 Å². The first-order valence-electron chi connectivity index (χ1n) is 7.93. The molecule has 2 aromatic rings. The van der Waals surface area contributed by atoms with Gasteiger partial charge in [0, 0.05) is 12.5 Å². The Morgan fingerprint density at radius 2 is 1.85 bits per heavy atom. The van der Waals surface area contributed by atoms with E-state index in [4.69, 9.17) is 15.7 Å². The second kappa shape index (κ2) is 7.35. The molecule has 0 aliphatic carbocycles. The van der Waals surface area contributed by atoms with Gasteiger partial charge < -0.3 is 10.5 Å². The van der Waals surface area contributed by atoms with Crippen LogP contribution >= 0.6 is 0 Å². The van der Waals surface area contributed by atoms with Crippen LogP contribution in [0.5, 0.6) is 11.5 Å². The van der Waals surface area contributed by atoms with E-state index < -0.39 is 34.3 Å². The van der Waals surface area contributed by atoms with Crippen LogP contribution in [0.15, 0.2) is 47.4 Å². The summed E-state index contributed by atoms with van der Waals surface area (Å²) in [4.78, 5) is 22.5. The van der Waals surface area contributed by atoms with Crippen LogP contribution in [0.3, 0.4) is 0 Å². The number of sulfonamides is 1. The molecule has 1 heterocycles. The largest absolute Gasteiger partial charge is 0.457 e. The third-order valence-corrected chi connectivity index (χ3v) is 5.52. The molecule has 142 valence electrons. The van der Waals surface area contributed by atoms with Gasteiger partial charge in [0.2, 0.25) is 15.9 Å². The standard InChI is InChI=1S/C17H17N3O6S/c18-16(21)9-13(17(22)19-23)20-27(24,25)12-6-5-11-7-10-3-1-2-4-14(10)26-15(11)8-12/h1-6,8,13,20,23H,7,9H2,(H2,18,21)(H,19,22)/t13-/m0/s1. The van der Waals surface area contributed by atoms with E-state index in [2.05, 4.69) is 4.72 Å². The number of nitrogens with one attached hydrogen (secondary N) is 2. The molecule has 10 heteroatoms. The summed E-state index contributed by atoms with van der Waals surface area (Å²) >= 11 is 0. The maximum atomic E-state index is 12.6. The normalized spacial score (nSPS) is 13.7. The highest BCUT2D eigenvalue weighted by Gasteiger charge is 2.28. The minimum absolute atomic E-state index is 0.152. The van der Waals surface area contributed by atoms with Crippen LogP contribution < -0.4 is 20.7 Å². The molecule has 0 spiro atoms. The monoisotopic (exact) mass is 391 g/mol. The summed E-state index contributed by atoms with van der Waals surface area (Å²) in [5.41, 5.74) is 8.13. The van der Waals surface area contributed by atoms with Gasteiger partial charge in [0.1, 0.15) is 17.5 Å². The van der Waals surface area contributed by atoms with Gasteiger partial charge in [-0.15, -0.1) is 0 Å². The lowest BCUT2D eigenvalue weighted by atomic mass is 10.0. The van der Waals surface area contributed by atoms with Gasteiger partial charge >= 0.3 is 0 Å². The van der Waals surface area contributed by atoms with Crippen LogP contribution in [0, 0.1) is 0 Å². The van der Waals surface area contributed by atoms with E-state index in [1.165, 1.54) is 17.6 Å². The molecule has 1 aliphatic heterocycles. The maximum absolute atomic E-state index is 12.6. The number of primary amides is 1. The Morgan fingerprint density at radius 1 is 1.15 bits per heavy atom. The molecular formula is C17H17N3O6S. The van der Waals surface area contributed by atoms with Gasteiger partial charge in [0.25, 0.3) is 5.91 Å². The summed E-state index contributed by atoms with van der Waals surface area (Å²) in [7, 11) is -4.18. The van der Waals surface area contributed by atoms with Crippen molar-refractivity contribution in [3.8, 4) is 11.5 Å². The highest BCUT2D eigenvalue weighted by atomic mass is 32.2. The number of ether oxygens (including phenoxy) is 1. The van der Waals surface area contributed by atoms with Crippen LogP contribution in [0.25, 0.3) is 0 Å². The van der Waals surface area contributed by atoms with E-state index in [0.717, 1.165) is 11.1 Å². The molecule has 0 fully saturated rings. The highest BCUT2D eigenvalue weighted by Crippen LogP contribution is 2.37. The number of amides is 2. The molecule has 1 atom stereocenters. The fraction of sp³-hybridized carbons (Fsp3) is 0.176. The molecule has 0 unspecified atom stereocenters. The highest BCUT2D eigenvalue weighted by molar-refractivity contribution is 7.89. The average Bonchev–Trinajstić information content (AvgIpc) is 2.64. The Bertz CT molecular complexity index is 1010. The van der Waals surface area contributed by atoms with E-state index >= 15 is 0 Å². The minimum Gasteiger partial charge on any atom is -0.457 e. The number of rotatable bonds is 6. The van der Waals surface area contributed by atoms with E-state index in [0.29, 0.717) is 17.9 Å². The number of hydrogen-bond acceptors (Lipinski definition) is 6. The van der Waals surface area contributed by atoms with Gasteiger partial charge in [-0.1, -0.05) is 24.3 Å². The first kappa shape index (κ1) is 18.8. The van der Waals surface area contributed by atoms with Gasteiger partial charge in [-0.05, 0) is 23.3 Å². The molecule has 9 nitrogen and oxygen atoms in total. The number of hydroxylamine groups is 1. The Hall–Kier alpha value is -2.95. The summed E-state index contributed by atoms with van der Waals surface area (Å²) in [5, 5.41) is 8.73. The van der Waals surface area contributed by atoms with Crippen molar-refractivity contribution >= 4 is 21.8 Å². The fourth-order valence-corrected chi connectivity index (χ4v) is 3.95. The Morgan fingerprint density at radius 3 is 2.56 bits per heavy atom. The van der Waals surface area contributed by atoms with Crippen LogP contribution in [0.2, 0.25) is 0 Å². The molecule has 0 bridgehead atoms. The number of hydrogen-bond donors (Lipinski definition) is 4. The quantitative estimate of drug-likeness (QED) is 0.353. The predicted molar refractivity (Wildman–Crippen MR) is 93.6 cm³/mol. The van der Waals surface area contributed by atoms with Crippen LogP contribution in [-0.4, -0.2) is 31.5 Å². The zero-order chi connectivity index (χ0) is 19.6. The molecule has 27 heavy (non-hydrogen) atoms. The third kappa shape index (κ3) is 4.08. The zero-order valence-electron chi connectivity index (χ0n) is 14.0. The van der Waals surface area contributed by atoms with Crippen molar-refractivity contribution < 1.29 is 28.0 Å². The third-order valence-electron chi connectivity index (χ3n) is 4.05. The van der Waals surface area contributed by atoms with E-state index in [-0.39, 0.29) is 4.90 Å². The summed E-state index contributed by atoms with van der Waals surface area (Å²) in [5.74, 6) is -0.981. The molecule has 0 radical (unpaired) electrons.